The second-order valence-corrected chi connectivity index (χ2v) is 4.41. The Labute approximate surface area is 96.3 Å². The topological polar surface area (TPSA) is 68.0 Å². The van der Waals surface area contributed by atoms with Crippen molar-refractivity contribution in [2.45, 2.75) is 33.6 Å². The molecule has 0 bridgehead atoms. The number of amides is 1. The summed E-state index contributed by atoms with van der Waals surface area (Å²) in [7, 11) is 0. The first-order chi connectivity index (χ1) is 7.49. The van der Waals surface area contributed by atoms with Gasteiger partial charge >= 0.3 is 0 Å². The van der Waals surface area contributed by atoms with E-state index in [1.807, 2.05) is 6.92 Å². The monoisotopic (exact) mass is 221 g/mol. The van der Waals surface area contributed by atoms with Crippen molar-refractivity contribution in [3.05, 3.63) is 17.8 Å². The lowest BCUT2D eigenvalue weighted by molar-refractivity contribution is -0.116. The first-order valence-corrected chi connectivity index (χ1v) is 5.51. The minimum absolute atomic E-state index is 0.00840. The molecular weight excluding hydrogens is 202 g/mol. The standard InChI is InChI=1S/C12H19N3O/c1-8(2)4-5-11(16)15-12-9(3)6-10(13)7-14-12/h6-8H,4-5,13H2,1-3H3,(H,14,15,16). The third-order valence-electron chi connectivity index (χ3n) is 2.31. The van der Waals surface area contributed by atoms with Crippen LogP contribution in [0.4, 0.5) is 11.5 Å². The molecule has 0 fully saturated rings. The molecule has 4 heteroatoms. The molecule has 0 saturated heterocycles. The highest BCUT2D eigenvalue weighted by Crippen LogP contribution is 2.14. The Kier molecular flexibility index (Phi) is 4.28. The molecule has 1 amide bonds. The Bertz CT molecular complexity index is 375. The van der Waals surface area contributed by atoms with Crippen LogP contribution in [-0.4, -0.2) is 10.9 Å². The Balaban J connectivity index is 2.56. The van der Waals surface area contributed by atoms with Crippen molar-refractivity contribution in [2.75, 3.05) is 11.1 Å². The van der Waals surface area contributed by atoms with Crippen LogP contribution in [0, 0.1) is 12.8 Å². The van der Waals surface area contributed by atoms with Gasteiger partial charge in [-0.1, -0.05) is 13.8 Å². The fourth-order valence-electron chi connectivity index (χ4n) is 1.34. The molecule has 0 aliphatic rings. The summed E-state index contributed by atoms with van der Waals surface area (Å²) in [5.41, 5.74) is 7.08. The maximum Gasteiger partial charge on any atom is 0.225 e. The van der Waals surface area contributed by atoms with E-state index in [2.05, 4.69) is 24.1 Å². The van der Waals surface area contributed by atoms with E-state index in [1.54, 1.807) is 12.3 Å². The maximum absolute atomic E-state index is 11.6. The Morgan fingerprint density at radius 1 is 1.56 bits per heavy atom. The second-order valence-electron chi connectivity index (χ2n) is 4.41. The largest absolute Gasteiger partial charge is 0.397 e. The third kappa shape index (κ3) is 3.88. The first kappa shape index (κ1) is 12.5. The lowest BCUT2D eigenvalue weighted by Gasteiger charge is -2.08. The summed E-state index contributed by atoms with van der Waals surface area (Å²) in [6.45, 7) is 6.07. The fourth-order valence-corrected chi connectivity index (χ4v) is 1.34. The summed E-state index contributed by atoms with van der Waals surface area (Å²) in [5, 5.41) is 2.79. The van der Waals surface area contributed by atoms with Crippen LogP contribution in [0.25, 0.3) is 0 Å². The Morgan fingerprint density at radius 3 is 2.81 bits per heavy atom. The molecule has 1 aromatic rings. The molecule has 4 nitrogen and oxygen atoms in total. The first-order valence-electron chi connectivity index (χ1n) is 5.51. The normalized spacial score (nSPS) is 10.5. The van der Waals surface area contributed by atoms with Gasteiger partial charge in [-0.2, -0.15) is 0 Å². The Hall–Kier alpha value is -1.58. The zero-order valence-corrected chi connectivity index (χ0v) is 10.1. The van der Waals surface area contributed by atoms with Gasteiger partial charge in [0.2, 0.25) is 5.91 Å². The van der Waals surface area contributed by atoms with E-state index in [-0.39, 0.29) is 5.91 Å². The van der Waals surface area contributed by atoms with Gasteiger partial charge in [0.25, 0.3) is 0 Å². The van der Waals surface area contributed by atoms with Gasteiger partial charge in [0.05, 0.1) is 11.9 Å². The predicted molar refractivity (Wildman–Crippen MR) is 66.1 cm³/mol. The van der Waals surface area contributed by atoms with Crippen LogP contribution >= 0.6 is 0 Å². The molecular formula is C12H19N3O. The van der Waals surface area contributed by atoms with Crippen LogP contribution in [0.3, 0.4) is 0 Å². The van der Waals surface area contributed by atoms with Gasteiger partial charge in [0.15, 0.2) is 0 Å². The van der Waals surface area contributed by atoms with Gasteiger partial charge in [-0.3, -0.25) is 4.79 Å². The summed E-state index contributed by atoms with van der Waals surface area (Å²) in [4.78, 5) is 15.7. The highest BCUT2D eigenvalue weighted by Gasteiger charge is 2.06. The Morgan fingerprint density at radius 2 is 2.25 bits per heavy atom. The van der Waals surface area contributed by atoms with E-state index < -0.39 is 0 Å². The van der Waals surface area contributed by atoms with E-state index in [1.165, 1.54) is 0 Å². The number of hydrogen-bond donors (Lipinski definition) is 2. The number of nitrogens with two attached hydrogens (primary N) is 1. The fraction of sp³-hybridized carbons (Fsp3) is 0.500. The molecule has 0 saturated carbocycles. The van der Waals surface area contributed by atoms with Crippen molar-refractivity contribution < 1.29 is 4.79 Å². The van der Waals surface area contributed by atoms with Crippen molar-refractivity contribution in [1.29, 1.82) is 0 Å². The zero-order chi connectivity index (χ0) is 12.1. The van der Waals surface area contributed by atoms with Crippen LogP contribution in [0.15, 0.2) is 12.3 Å². The maximum atomic E-state index is 11.6. The highest BCUT2D eigenvalue weighted by atomic mass is 16.1. The van der Waals surface area contributed by atoms with Gasteiger partial charge in [0, 0.05) is 6.42 Å². The molecule has 3 N–H and O–H groups in total. The SMILES string of the molecule is Cc1cc(N)cnc1NC(=O)CCC(C)C. The average Bonchev–Trinajstić information content (AvgIpc) is 2.19. The smallest absolute Gasteiger partial charge is 0.225 e. The van der Waals surface area contributed by atoms with Crippen molar-refractivity contribution in [1.82, 2.24) is 4.98 Å². The number of nitrogens with zero attached hydrogens (tertiary/aromatic N) is 1. The summed E-state index contributed by atoms with van der Waals surface area (Å²) in [5.74, 6) is 1.14. The number of rotatable bonds is 4. The van der Waals surface area contributed by atoms with Crippen molar-refractivity contribution in [3.63, 3.8) is 0 Å². The number of aromatic nitrogens is 1. The molecule has 0 aliphatic carbocycles. The zero-order valence-electron chi connectivity index (χ0n) is 10.1. The molecule has 0 radical (unpaired) electrons. The van der Waals surface area contributed by atoms with Crippen molar-refractivity contribution in [2.24, 2.45) is 5.92 Å². The molecule has 0 spiro atoms. The van der Waals surface area contributed by atoms with Gasteiger partial charge in [-0.15, -0.1) is 0 Å². The molecule has 16 heavy (non-hydrogen) atoms. The third-order valence-corrected chi connectivity index (χ3v) is 2.31. The van der Waals surface area contributed by atoms with Crippen LogP contribution in [0.1, 0.15) is 32.3 Å². The van der Waals surface area contributed by atoms with Crippen molar-refractivity contribution in [3.8, 4) is 0 Å². The lowest BCUT2D eigenvalue weighted by atomic mass is 10.1. The van der Waals surface area contributed by atoms with E-state index in [0.29, 0.717) is 23.8 Å². The minimum atomic E-state index is 0.00840. The number of anilines is 2. The van der Waals surface area contributed by atoms with Gasteiger partial charge in [-0.25, -0.2) is 4.98 Å². The second kappa shape index (κ2) is 5.49. The van der Waals surface area contributed by atoms with Gasteiger partial charge in [-0.05, 0) is 30.9 Å². The molecule has 0 atom stereocenters. The molecule has 0 unspecified atom stereocenters. The van der Waals surface area contributed by atoms with Crippen LogP contribution < -0.4 is 11.1 Å². The average molecular weight is 221 g/mol. The number of hydrogen-bond acceptors (Lipinski definition) is 3. The van der Waals surface area contributed by atoms with E-state index in [9.17, 15) is 4.79 Å². The molecule has 1 aromatic heterocycles. The van der Waals surface area contributed by atoms with E-state index in [4.69, 9.17) is 5.73 Å². The number of nitrogens with one attached hydrogen (secondary N) is 1. The molecule has 1 rings (SSSR count). The highest BCUT2D eigenvalue weighted by molar-refractivity contribution is 5.90. The number of aryl methyl sites for hydroxylation is 1. The van der Waals surface area contributed by atoms with E-state index >= 15 is 0 Å². The number of nitrogen functional groups attached to an aromatic ring is 1. The van der Waals surface area contributed by atoms with Gasteiger partial charge < -0.3 is 11.1 Å². The van der Waals surface area contributed by atoms with Crippen LogP contribution in [0.5, 0.6) is 0 Å². The summed E-state index contributed by atoms with van der Waals surface area (Å²) in [6.07, 6.45) is 2.97. The molecule has 0 aromatic carbocycles. The summed E-state index contributed by atoms with van der Waals surface area (Å²) in [6, 6.07) is 1.80. The minimum Gasteiger partial charge on any atom is -0.397 e. The quantitative estimate of drug-likeness (QED) is 0.820. The number of pyridine rings is 1. The molecule has 1 heterocycles. The van der Waals surface area contributed by atoms with Crippen LogP contribution in [0.2, 0.25) is 0 Å². The van der Waals surface area contributed by atoms with Gasteiger partial charge in [0.1, 0.15) is 5.82 Å². The predicted octanol–water partition coefficient (Wildman–Crippen LogP) is 2.35. The van der Waals surface area contributed by atoms with Crippen molar-refractivity contribution >= 4 is 17.4 Å². The number of carbonyl (C=O) groups is 1. The molecule has 0 aliphatic heterocycles. The molecule has 88 valence electrons. The number of carbonyl (C=O) groups excluding carboxylic acids is 1. The van der Waals surface area contributed by atoms with E-state index in [0.717, 1.165) is 12.0 Å². The summed E-state index contributed by atoms with van der Waals surface area (Å²) < 4.78 is 0. The summed E-state index contributed by atoms with van der Waals surface area (Å²) >= 11 is 0. The van der Waals surface area contributed by atoms with Crippen LogP contribution in [-0.2, 0) is 4.79 Å². The lowest BCUT2D eigenvalue weighted by Crippen LogP contribution is -2.14.